The molecule has 26 heavy (non-hydrogen) atoms. The summed E-state index contributed by atoms with van der Waals surface area (Å²) in [6.07, 6.45) is 0. The summed E-state index contributed by atoms with van der Waals surface area (Å²) in [6, 6.07) is 9.81. The van der Waals surface area contributed by atoms with E-state index in [4.69, 9.17) is 21.1 Å². The van der Waals surface area contributed by atoms with Crippen LogP contribution in [0.3, 0.4) is 0 Å². The van der Waals surface area contributed by atoms with Crippen molar-refractivity contribution in [2.45, 2.75) is 6.92 Å². The predicted octanol–water partition coefficient (Wildman–Crippen LogP) is 3.86. The summed E-state index contributed by atoms with van der Waals surface area (Å²) in [5, 5.41) is 5.32. The number of benzene rings is 2. The van der Waals surface area contributed by atoms with E-state index in [9.17, 15) is 14.0 Å². The van der Waals surface area contributed by atoms with Crippen molar-refractivity contribution < 1.29 is 23.5 Å². The summed E-state index contributed by atoms with van der Waals surface area (Å²) < 4.78 is 23.3. The van der Waals surface area contributed by atoms with Crippen molar-refractivity contribution >= 4 is 29.3 Å². The van der Waals surface area contributed by atoms with Crippen molar-refractivity contribution in [2.75, 3.05) is 25.1 Å². The van der Waals surface area contributed by atoms with Gasteiger partial charge in [0.15, 0.2) is 0 Å². The molecule has 0 heterocycles. The van der Waals surface area contributed by atoms with Gasteiger partial charge in [-0.15, -0.1) is 0 Å². The number of halogens is 2. The van der Waals surface area contributed by atoms with Crippen LogP contribution in [0.5, 0.6) is 5.75 Å². The summed E-state index contributed by atoms with van der Waals surface area (Å²) >= 11 is 5.84. The van der Waals surface area contributed by atoms with E-state index in [1.807, 2.05) is 0 Å². The highest BCUT2D eigenvalue weighted by Crippen LogP contribution is 2.24. The van der Waals surface area contributed by atoms with Crippen molar-refractivity contribution in [1.29, 1.82) is 0 Å². The lowest BCUT2D eigenvalue weighted by atomic mass is 10.2. The van der Waals surface area contributed by atoms with Gasteiger partial charge in [-0.3, -0.25) is 0 Å². The molecular weight excluding hydrogens is 363 g/mol. The second kappa shape index (κ2) is 9.62. The number of esters is 1. The van der Waals surface area contributed by atoms with Gasteiger partial charge < -0.3 is 20.1 Å². The number of rotatable bonds is 7. The summed E-state index contributed by atoms with van der Waals surface area (Å²) in [5.74, 6) is -0.652. The summed E-state index contributed by atoms with van der Waals surface area (Å²) in [6.45, 7) is 2.26. The maximum atomic E-state index is 12.9. The van der Waals surface area contributed by atoms with Crippen LogP contribution < -0.4 is 15.4 Å². The zero-order chi connectivity index (χ0) is 18.9. The third-order valence-corrected chi connectivity index (χ3v) is 3.51. The first-order chi connectivity index (χ1) is 12.5. The van der Waals surface area contributed by atoms with Crippen molar-refractivity contribution in [3.8, 4) is 5.75 Å². The third-order valence-electron chi connectivity index (χ3n) is 3.21. The molecule has 0 saturated heterocycles. The Bertz CT molecular complexity index is 786. The third kappa shape index (κ3) is 5.63. The minimum Gasteiger partial charge on any atom is -0.490 e. The van der Waals surface area contributed by atoms with Gasteiger partial charge in [0, 0.05) is 0 Å². The van der Waals surface area contributed by atoms with Gasteiger partial charge in [-0.25, -0.2) is 14.0 Å². The highest BCUT2D eigenvalue weighted by atomic mass is 35.5. The minimum atomic E-state index is -0.516. The van der Waals surface area contributed by atoms with E-state index in [2.05, 4.69) is 10.6 Å². The fourth-order valence-electron chi connectivity index (χ4n) is 2.06. The van der Waals surface area contributed by atoms with Crippen LogP contribution in [0.2, 0.25) is 5.02 Å². The summed E-state index contributed by atoms with van der Waals surface area (Å²) in [7, 11) is 0. The lowest BCUT2D eigenvalue weighted by Crippen LogP contribution is -2.32. The molecule has 0 unspecified atom stereocenters. The number of carbonyl (C=O) groups excluding carboxylic acids is 2. The number of hydrogen-bond donors (Lipinski definition) is 2. The Morgan fingerprint density at radius 2 is 1.96 bits per heavy atom. The number of para-hydroxylation sites is 1. The van der Waals surface area contributed by atoms with Crippen LogP contribution in [-0.2, 0) is 4.74 Å². The molecule has 0 aliphatic carbocycles. The molecule has 2 aromatic rings. The first-order valence-electron chi connectivity index (χ1n) is 7.90. The Morgan fingerprint density at radius 3 is 2.69 bits per heavy atom. The Kier molecular flexibility index (Phi) is 7.23. The van der Waals surface area contributed by atoms with E-state index < -0.39 is 17.8 Å². The van der Waals surface area contributed by atoms with Gasteiger partial charge in [0.2, 0.25) is 0 Å². The monoisotopic (exact) mass is 380 g/mol. The maximum absolute atomic E-state index is 12.9. The van der Waals surface area contributed by atoms with Crippen LogP contribution in [0.4, 0.5) is 14.9 Å². The quantitative estimate of drug-likeness (QED) is 0.565. The second-order valence-corrected chi connectivity index (χ2v) is 5.48. The number of urea groups is 1. The molecule has 2 aromatic carbocycles. The van der Waals surface area contributed by atoms with Crippen LogP contribution >= 0.6 is 11.6 Å². The average Bonchev–Trinajstić information content (AvgIpc) is 2.61. The lowest BCUT2D eigenvalue weighted by Gasteiger charge is -2.12. The summed E-state index contributed by atoms with van der Waals surface area (Å²) in [4.78, 5) is 23.8. The Hall–Kier alpha value is -2.80. The van der Waals surface area contributed by atoms with Crippen molar-refractivity contribution in [1.82, 2.24) is 5.32 Å². The van der Waals surface area contributed by atoms with Gasteiger partial charge >= 0.3 is 12.0 Å². The van der Waals surface area contributed by atoms with E-state index >= 15 is 0 Å². The molecule has 0 atom stereocenters. The maximum Gasteiger partial charge on any atom is 0.340 e. The molecule has 0 aromatic heterocycles. The zero-order valence-electron chi connectivity index (χ0n) is 14.1. The zero-order valence-corrected chi connectivity index (χ0v) is 14.8. The molecule has 0 radical (unpaired) electrons. The first-order valence-corrected chi connectivity index (χ1v) is 8.28. The van der Waals surface area contributed by atoms with E-state index in [-0.39, 0.29) is 30.3 Å². The van der Waals surface area contributed by atoms with Crippen LogP contribution in [0.1, 0.15) is 17.3 Å². The summed E-state index contributed by atoms with van der Waals surface area (Å²) in [5.41, 5.74) is 0.602. The van der Waals surface area contributed by atoms with Gasteiger partial charge in [0.1, 0.15) is 18.2 Å². The van der Waals surface area contributed by atoms with Gasteiger partial charge in [0.05, 0.1) is 29.4 Å². The molecule has 0 bridgehead atoms. The van der Waals surface area contributed by atoms with E-state index in [0.717, 1.165) is 6.07 Å². The highest BCUT2D eigenvalue weighted by Gasteiger charge is 2.13. The molecule has 0 aliphatic rings. The Balaban J connectivity index is 1.83. The van der Waals surface area contributed by atoms with E-state index in [1.165, 1.54) is 12.1 Å². The molecule has 0 saturated carbocycles. The minimum absolute atomic E-state index is 0.137. The molecule has 2 amide bonds. The van der Waals surface area contributed by atoms with Crippen molar-refractivity contribution in [3.63, 3.8) is 0 Å². The topological polar surface area (TPSA) is 76.7 Å². The standard InChI is InChI=1S/C18H18ClFN2O4/c1-2-25-17(23)13-5-3-4-6-15(13)22-18(24)21-9-10-26-16-8-7-12(20)11-14(16)19/h3-8,11H,2,9-10H2,1H3,(H2,21,22,24). The largest absolute Gasteiger partial charge is 0.490 e. The molecular formula is C18H18ClFN2O4. The first kappa shape index (κ1) is 19.5. The number of ether oxygens (including phenoxy) is 2. The van der Waals surface area contributed by atoms with Crippen LogP contribution in [0.25, 0.3) is 0 Å². The fourth-order valence-corrected chi connectivity index (χ4v) is 2.29. The molecule has 0 fully saturated rings. The van der Waals surface area contributed by atoms with Crippen molar-refractivity contribution in [3.05, 3.63) is 58.9 Å². The van der Waals surface area contributed by atoms with Gasteiger partial charge in [-0.05, 0) is 37.3 Å². The number of hydrogen-bond acceptors (Lipinski definition) is 4. The van der Waals surface area contributed by atoms with Crippen LogP contribution in [-0.4, -0.2) is 31.8 Å². The smallest absolute Gasteiger partial charge is 0.340 e. The van der Waals surface area contributed by atoms with Crippen molar-refractivity contribution in [2.24, 2.45) is 0 Å². The molecule has 0 aliphatic heterocycles. The predicted molar refractivity (Wildman–Crippen MR) is 96.3 cm³/mol. The number of anilines is 1. The van der Waals surface area contributed by atoms with Gasteiger partial charge in [-0.2, -0.15) is 0 Å². The number of amides is 2. The highest BCUT2D eigenvalue weighted by molar-refractivity contribution is 6.32. The van der Waals surface area contributed by atoms with E-state index in [0.29, 0.717) is 11.4 Å². The van der Waals surface area contributed by atoms with Crippen LogP contribution in [0.15, 0.2) is 42.5 Å². The lowest BCUT2D eigenvalue weighted by molar-refractivity contribution is 0.0527. The molecule has 0 spiro atoms. The van der Waals surface area contributed by atoms with E-state index in [1.54, 1.807) is 31.2 Å². The average molecular weight is 381 g/mol. The second-order valence-electron chi connectivity index (χ2n) is 5.07. The van der Waals surface area contributed by atoms with Gasteiger partial charge in [0.25, 0.3) is 0 Å². The normalized spacial score (nSPS) is 10.1. The Morgan fingerprint density at radius 1 is 1.19 bits per heavy atom. The van der Waals surface area contributed by atoms with Crippen LogP contribution in [0, 0.1) is 5.82 Å². The van der Waals surface area contributed by atoms with Gasteiger partial charge in [-0.1, -0.05) is 23.7 Å². The molecule has 2 rings (SSSR count). The molecule has 8 heteroatoms. The number of nitrogens with one attached hydrogen (secondary N) is 2. The fraction of sp³-hybridized carbons (Fsp3) is 0.222. The molecule has 6 nitrogen and oxygen atoms in total. The molecule has 138 valence electrons. The Labute approximate surface area is 155 Å². The molecule has 2 N–H and O–H groups in total. The SMILES string of the molecule is CCOC(=O)c1ccccc1NC(=O)NCCOc1ccc(F)cc1Cl. The number of carbonyl (C=O) groups is 2.